The summed E-state index contributed by atoms with van der Waals surface area (Å²) in [6, 6.07) is 12.6. The number of nitrogens with one attached hydrogen (secondary N) is 1. The number of carbonyl (C=O) groups is 2. The van der Waals surface area contributed by atoms with Crippen molar-refractivity contribution in [1.29, 1.82) is 0 Å². The second kappa shape index (κ2) is 9.45. The molecule has 0 saturated carbocycles. The normalized spacial score (nSPS) is 12.1. The lowest BCUT2D eigenvalue weighted by Crippen LogP contribution is -2.29. The summed E-state index contributed by atoms with van der Waals surface area (Å²) in [6.45, 7) is 11.1. The van der Waals surface area contributed by atoms with E-state index in [0.29, 0.717) is 29.4 Å². The standard InChI is InChI=1S/C23H29NO5/c1-7-27-20-18(21(25)24-17-11-8-10-15(2)14-17)12-9-13-19(20)28-16(3)29-22(26)23(4,5)6/h8-14,16H,7H2,1-6H3,(H,24,25). The third kappa shape index (κ3) is 6.24. The number of rotatable bonds is 7. The van der Waals surface area contributed by atoms with Crippen molar-refractivity contribution in [2.75, 3.05) is 11.9 Å². The smallest absolute Gasteiger partial charge is 0.314 e. The Morgan fingerprint density at radius 2 is 1.79 bits per heavy atom. The number of aryl methyl sites for hydroxylation is 1. The van der Waals surface area contributed by atoms with E-state index in [2.05, 4.69) is 5.32 Å². The third-order valence-corrected chi connectivity index (χ3v) is 3.97. The van der Waals surface area contributed by atoms with Gasteiger partial charge in [0.25, 0.3) is 5.91 Å². The second-order valence-electron chi connectivity index (χ2n) is 7.73. The zero-order valence-corrected chi connectivity index (χ0v) is 17.9. The number of amides is 1. The van der Waals surface area contributed by atoms with Crippen LogP contribution in [0.4, 0.5) is 5.69 Å². The van der Waals surface area contributed by atoms with Crippen LogP contribution in [0.5, 0.6) is 11.5 Å². The van der Waals surface area contributed by atoms with Crippen molar-refractivity contribution < 1.29 is 23.8 Å². The molecule has 6 heteroatoms. The Labute approximate surface area is 172 Å². The van der Waals surface area contributed by atoms with Gasteiger partial charge in [-0.15, -0.1) is 0 Å². The molecule has 0 spiro atoms. The number of para-hydroxylation sites is 1. The van der Waals surface area contributed by atoms with Crippen LogP contribution in [0.2, 0.25) is 0 Å². The van der Waals surface area contributed by atoms with Crippen molar-refractivity contribution >= 4 is 17.6 Å². The van der Waals surface area contributed by atoms with Gasteiger partial charge in [-0.2, -0.15) is 0 Å². The van der Waals surface area contributed by atoms with E-state index in [1.54, 1.807) is 45.9 Å². The molecule has 29 heavy (non-hydrogen) atoms. The lowest BCUT2D eigenvalue weighted by atomic mass is 9.97. The number of benzene rings is 2. The molecule has 6 nitrogen and oxygen atoms in total. The van der Waals surface area contributed by atoms with Crippen LogP contribution in [0.3, 0.4) is 0 Å². The summed E-state index contributed by atoms with van der Waals surface area (Å²) in [5, 5.41) is 2.87. The lowest BCUT2D eigenvalue weighted by Gasteiger charge is -2.23. The van der Waals surface area contributed by atoms with Crippen molar-refractivity contribution in [2.24, 2.45) is 5.41 Å². The molecule has 2 aromatic carbocycles. The van der Waals surface area contributed by atoms with Gasteiger partial charge in [0.05, 0.1) is 17.6 Å². The average molecular weight is 399 g/mol. The molecule has 0 aliphatic carbocycles. The van der Waals surface area contributed by atoms with E-state index in [1.165, 1.54) is 0 Å². The molecule has 0 saturated heterocycles. The minimum atomic E-state index is -0.837. The first-order chi connectivity index (χ1) is 13.6. The van der Waals surface area contributed by atoms with E-state index in [9.17, 15) is 9.59 Å². The summed E-state index contributed by atoms with van der Waals surface area (Å²) in [4.78, 5) is 24.9. The van der Waals surface area contributed by atoms with Crippen molar-refractivity contribution in [1.82, 2.24) is 0 Å². The maximum absolute atomic E-state index is 12.8. The zero-order chi connectivity index (χ0) is 21.6. The highest BCUT2D eigenvalue weighted by Crippen LogP contribution is 2.33. The molecule has 2 rings (SSSR count). The van der Waals surface area contributed by atoms with Gasteiger partial charge in [-0.1, -0.05) is 18.2 Å². The van der Waals surface area contributed by atoms with Crippen LogP contribution in [0, 0.1) is 12.3 Å². The molecule has 0 radical (unpaired) electrons. The topological polar surface area (TPSA) is 73.9 Å². The zero-order valence-electron chi connectivity index (χ0n) is 17.9. The van der Waals surface area contributed by atoms with Gasteiger partial charge in [-0.05, 0) is 64.4 Å². The Bertz CT molecular complexity index is 870. The van der Waals surface area contributed by atoms with Crippen molar-refractivity contribution in [3.8, 4) is 11.5 Å². The van der Waals surface area contributed by atoms with Crippen molar-refractivity contribution in [3.63, 3.8) is 0 Å². The van der Waals surface area contributed by atoms with Gasteiger partial charge in [0.1, 0.15) is 0 Å². The van der Waals surface area contributed by atoms with Gasteiger partial charge in [0, 0.05) is 12.6 Å². The first kappa shape index (κ1) is 22.3. The number of esters is 1. The Hall–Kier alpha value is -3.02. The van der Waals surface area contributed by atoms with E-state index >= 15 is 0 Å². The molecule has 0 heterocycles. The van der Waals surface area contributed by atoms with Crippen LogP contribution in [0.15, 0.2) is 42.5 Å². The summed E-state index contributed by atoms with van der Waals surface area (Å²) in [7, 11) is 0. The van der Waals surface area contributed by atoms with Gasteiger partial charge in [-0.25, -0.2) is 0 Å². The molecular weight excluding hydrogens is 370 g/mol. The number of hydrogen-bond donors (Lipinski definition) is 1. The van der Waals surface area contributed by atoms with E-state index < -0.39 is 11.7 Å². The highest BCUT2D eigenvalue weighted by Gasteiger charge is 2.26. The molecule has 1 unspecified atom stereocenters. The van der Waals surface area contributed by atoms with Gasteiger partial charge in [-0.3, -0.25) is 9.59 Å². The monoisotopic (exact) mass is 399 g/mol. The molecule has 0 aliphatic rings. The Morgan fingerprint density at radius 1 is 1.10 bits per heavy atom. The number of carbonyl (C=O) groups excluding carboxylic acids is 2. The van der Waals surface area contributed by atoms with Crippen LogP contribution in [0.1, 0.15) is 50.5 Å². The summed E-state index contributed by atoms with van der Waals surface area (Å²) in [5.41, 5.74) is 1.42. The van der Waals surface area contributed by atoms with Gasteiger partial charge in [0.2, 0.25) is 6.29 Å². The maximum Gasteiger partial charge on any atom is 0.314 e. The van der Waals surface area contributed by atoms with Crippen LogP contribution < -0.4 is 14.8 Å². The third-order valence-electron chi connectivity index (χ3n) is 3.97. The second-order valence-corrected chi connectivity index (χ2v) is 7.73. The summed E-state index contributed by atoms with van der Waals surface area (Å²) < 4.78 is 16.8. The lowest BCUT2D eigenvalue weighted by molar-refractivity contribution is -0.171. The highest BCUT2D eigenvalue weighted by molar-refractivity contribution is 6.06. The molecule has 0 aliphatic heterocycles. The van der Waals surface area contributed by atoms with Gasteiger partial charge >= 0.3 is 5.97 Å². The van der Waals surface area contributed by atoms with Gasteiger partial charge < -0.3 is 19.5 Å². The fourth-order valence-corrected chi connectivity index (χ4v) is 2.53. The summed E-state index contributed by atoms with van der Waals surface area (Å²) in [5.74, 6) is -0.0584. The Morgan fingerprint density at radius 3 is 2.41 bits per heavy atom. The number of anilines is 1. The molecule has 0 bridgehead atoms. The number of hydrogen-bond acceptors (Lipinski definition) is 5. The van der Waals surface area contributed by atoms with Gasteiger partial charge in [0.15, 0.2) is 11.5 Å². The SMILES string of the molecule is CCOc1c(OC(C)OC(=O)C(C)(C)C)cccc1C(=O)Nc1cccc(C)c1. The van der Waals surface area contributed by atoms with Crippen LogP contribution in [-0.4, -0.2) is 24.8 Å². The van der Waals surface area contributed by atoms with Crippen LogP contribution >= 0.6 is 0 Å². The predicted octanol–water partition coefficient (Wildman–Crippen LogP) is 4.96. The van der Waals surface area contributed by atoms with Crippen molar-refractivity contribution in [3.05, 3.63) is 53.6 Å². The van der Waals surface area contributed by atoms with E-state index in [4.69, 9.17) is 14.2 Å². The fraction of sp³-hybridized carbons (Fsp3) is 0.391. The highest BCUT2D eigenvalue weighted by atomic mass is 16.7. The first-order valence-electron chi connectivity index (χ1n) is 9.63. The molecule has 1 atom stereocenters. The molecule has 156 valence electrons. The Kier molecular flexibility index (Phi) is 7.26. The van der Waals surface area contributed by atoms with E-state index in [1.807, 2.05) is 38.1 Å². The quantitative estimate of drug-likeness (QED) is 0.526. The first-order valence-corrected chi connectivity index (χ1v) is 9.63. The van der Waals surface area contributed by atoms with E-state index in [0.717, 1.165) is 5.56 Å². The molecule has 2 aromatic rings. The summed E-state index contributed by atoms with van der Waals surface area (Å²) in [6.07, 6.45) is -0.837. The number of ether oxygens (including phenoxy) is 3. The average Bonchev–Trinajstić information content (AvgIpc) is 2.62. The maximum atomic E-state index is 12.8. The van der Waals surface area contributed by atoms with Crippen LogP contribution in [0.25, 0.3) is 0 Å². The largest absolute Gasteiger partial charge is 0.489 e. The minimum Gasteiger partial charge on any atom is -0.489 e. The molecule has 1 amide bonds. The van der Waals surface area contributed by atoms with E-state index in [-0.39, 0.29) is 11.9 Å². The molecule has 0 aromatic heterocycles. The molecular formula is C23H29NO5. The van der Waals surface area contributed by atoms with Crippen molar-refractivity contribution in [2.45, 2.75) is 47.8 Å². The Balaban J connectivity index is 2.24. The summed E-state index contributed by atoms with van der Waals surface area (Å²) >= 11 is 0. The molecule has 1 N–H and O–H groups in total. The fourth-order valence-electron chi connectivity index (χ4n) is 2.53. The minimum absolute atomic E-state index is 0.304. The van der Waals surface area contributed by atoms with Crippen LogP contribution in [-0.2, 0) is 9.53 Å². The molecule has 0 fully saturated rings. The predicted molar refractivity (Wildman–Crippen MR) is 112 cm³/mol.